The molecule has 3 nitrogen and oxygen atoms in total. The summed E-state index contributed by atoms with van der Waals surface area (Å²) in [5, 5.41) is 6.31. The van der Waals surface area contributed by atoms with Crippen LogP contribution in [0.1, 0.15) is 25.0 Å². The van der Waals surface area contributed by atoms with Crippen molar-refractivity contribution >= 4 is 17.6 Å². The van der Waals surface area contributed by atoms with Crippen molar-refractivity contribution in [2.24, 2.45) is 0 Å². The molecule has 0 saturated carbocycles. The van der Waals surface area contributed by atoms with E-state index in [1.54, 1.807) is 30.3 Å². The minimum Gasteiger partial charge on any atom is -0.338 e. The van der Waals surface area contributed by atoms with Crippen LogP contribution in [-0.4, -0.2) is 12.6 Å². The molecule has 0 unspecified atom stereocenters. The molecular formula is C18H20ClFN2O. The normalized spacial score (nSPS) is 11.1. The molecule has 0 aliphatic rings. The fourth-order valence-electron chi connectivity index (χ4n) is 2.28. The number of urea groups is 1. The predicted octanol–water partition coefficient (Wildman–Crippen LogP) is 4.26. The van der Waals surface area contributed by atoms with Gasteiger partial charge in [0.15, 0.2) is 0 Å². The number of amides is 2. The van der Waals surface area contributed by atoms with Gasteiger partial charge in [-0.2, -0.15) is 0 Å². The lowest BCUT2D eigenvalue weighted by atomic mass is 9.94. The van der Waals surface area contributed by atoms with Crippen molar-refractivity contribution in [2.45, 2.75) is 25.8 Å². The monoisotopic (exact) mass is 334 g/mol. The maximum Gasteiger partial charge on any atom is 0.315 e. The summed E-state index contributed by atoms with van der Waals surface area (Å²) in [6, 6.07) is 13.6. The number of carbonyl (C=O) groups is 1. The lowest BCUT2D eigenvalue weighted by Gasteiger charge is -2.27. The lowest BCUT2D eigenvalue weighted by Crippen LogP contribution is -2.46. The number of carbonyl (C=O) groups excluding carboxylic acids is 1. The molecule has 122 valence electrons. The Morgan fingerprint density at radius 1 is 1.13 bits per heavy atom. The highest BCUT2D eigenvalue weighted by Crippen LogP contribution is 2.21. The Bertz CT molecular complexity index is 671. The van der Waals surface area contributed by atoms with Crippen molar-refractivity contribution in [2.75, 3.05) is 6.54 Å². The quantitative estimate of drug-likeness (QED) is 0.843. The summed E-state index contributed by atoms with van der Waals surface area (Å²) in [6.07, 6.45) is 0.446. The molecule has 0 aromatic heterocycles. The third-order valence-corrected chi connectivity index (χ3v) is 3.88. The minimum absolute atomic E-state index is 0.254. The summed E-state index contributed by atoms with van der Waals surface area (Å²) in [5.41, 5.74) is 1.00. The van der Waals surface area contributed by atoms with E-state index >= 15 is 0 Å². The fraction of sp³-hybridized carbons (Fsp3) is 0.278. The van der Waals surface area contributed by atoms with Gasteiger partial charge in [0.1, 0.15) is 5.82 Å². The zero-order valence-electron chi connectivity index (χ0n) is 13.2. The van der Waals surface area contributed by atoms with E-state index in [0.717, 1.165) is 5.56 Å². The van der Waals surface area contributed by atoms with Gasteiger partial charge < -0.3 is 10.6 Å². The molecule has 2 rings (SSSR count). The second kappa shape index (κ2) is 7.47. The van der Waals surface area contributed by atoms with E-state index in [4.69, 9.17) is 11.6 Å². The van der Waals surface area contributed by atoms with E-state index in [1.807, 2.05) is 26.0 Å². The van der Waals surface area contributed by atoms with Crippen LogP contribution in [0.3, 0.4) is 0 Å². The van der Waals surface area contributed by atoms with E-state index < -0.39 is 5.54 Å². The molecule has 0 bridgehead atoms. The molecule has 0 fully saturated rings. The molecule has 23 heavy (non-hydrogen) atoms. The van der Waals surface area contributed by atoms with Crippen molar-refractivity contribution in [1.82, 2.24) is 10.6 Å². The van der Waals surface area contributed by atoms with Crippen LogP contribution < -0.4 is 10.6 Å². The van der Waals surface area contributed by atoms with Crippen LogP contribution in [-0.2, 0) is 12.0 Å². The first kappa shape index (κ1) is 17.3. The summed E-state index contributed by atoms with van der Waals surface area (Å²) in [4.78, 5) is 12.0. The van der Waals surface area contributed by atoms with Gasteiger partial charge >= 0.3 is 6.03 Å². The number of hydrogen-bond donors (Lipinski definition) is 2. The van der Waals surface area contributed by atoms with Gasteiger partial charge in [0.25, 0.3) is 0 Å². The molecule has 0 aliphatic carbocycles. The number of nitrogens with one attached hydrogen (secondary N) is 2. The zero-order valence-corrected chi connectivity index (χ0v) is 14.0. The van der Waals surface area contributed by atoms with Crippen LogP contribution in [0, 0.1) is 5.82 Å². The van der Waals surface area contributed by atoms with E-state index in [-0.39, 0.29) is 11.8 Å². The number of halogens is 2. The summed E-state index contributed by atoms with van der Waals surface area (Å²) in [6.45, 7) is 4.18. The average Bonchev–Trinajstić information content (AvgIpc) is 2.49. The van der Waals surface area contributed by atoms with E-state index in [9.17, 15) is 9.18 Å². The number of benzene rings is 2. The molecule has 2 N–H and O–H groups in total. The highest BCUT2D eigenvalue weighted by Gasteiger charge is 2.22. The third kappa shape index (κ3) is 4.96. The van der Waals surface area contributed by atoms with Gasteiger partial charge in [-0.05, 0) is 49.6 Å². The SMILES string of the molecule is CC(C)(NC(=O)NCCc1ccccc1F)c1ccc(Cl)cc1. The Balaban J connectivity index is 1.86. The summed E-state index contributed by atoms with van der Waals surface area (Å²) >= 11 is 5.88. The molecule has 0 atom stereocenters. The Labute approximate surface area is 140 Å². The van der Waals surface area contributed by atoms with Crippen molar-refractivity contribution in [3.63, 3.8) is 0 Å². The minimum atomic E-state index is -0.535. The van der Waals surface area contributed by atoms with E-state index in [2.05, 4.69) is 10.6 Å². The van der Waals surface area contributed by atoms with Crippen molar-refractivity contribution in [3.8, 4) is 0 Å². The van der Waals surface area contributed by atoms with Crippen molar-refractivity contribution in [3.05, 3.63) is 70.5 Å². The van der Waals surface area contributed by atoms with Crippen LogP contribution in [0.4, 0.5) is 9.18 Å². The first-order valence-corrected chi connectivity index (χ1v) is 7.82. The average molecular weight is 335 g/mol. The molecule has 0 saturated heterocycles. The third-order valence-electron chi connectivity index (χ3n) is 3.63. The molecule has 2 amide bonds. The molecule has 0 aliphatic heterocycles. The maximum absolute atomic E-state index is 13.5. The van der Waals surface area contributed by atoms with Gasteiger partial charge in [-0.1, -0.05) is 41.9 Å². The van der Waals surface area contributed by atoms with Gasteiger partial charge in [0, 0.05) is 11.6 Å². The molecule has 0 radical (unpaired) electrons. The first-order valence-electron chi connectivity index (χ1n) is 7.44. The largest absolute Gasteiger partial charge is 0.338 e. The van der Waals surface area contributed by atoms with Crippen LogP contribution in [0.5, 0.6) is 0 Å². The molecule has 0 spiro atoms. The van der Waals surface area contributed by atoms with Gasteiger partial charge in [-0.3, -0.25) is 0 Å². The van der Waals surface area contributed by atoms with Gasteiger partial charge in [-0.25, -0.2) is 9.18 Å². The van der Waals surface area contributed by atoms with E-state index in [0.29, 0.717) is 23.6 Å². The smallest absolute Gasteiger partial charge is 0.315 e. The highest BCUT2D eigenvalue weighted by atomic mass is 35.5. The molecular weight excluding hydrogens is 315 g/mol. The van der Waals surface area contributed by atoms with Crippen LogP contribution in [0.15, 0.2) is 48.5 Å². The van der Waals surface area contributed by atoms with Crippen molar-refractivity contribution < 1.29 is 9.18 Å². The molecule has 5 heteroatoms. The summed E-state index contributed by atoms with van der Waals surface area (Å²) in [7, 11) is 0. The van der Waals surface area contributed by atoms with Crippen LogP contribution in [0.2, 0.25) is 5.02 Å². The van der Waals surface area contributed by atoms with Crippen LogP contribution in [0.25, 0.3) is 0 Å². The Hall–Kier alpha value is -2.07. The predicted molar refractivity (Wildman–Crippen MR) is 91.1 cm³/mol. The second-order valence-electron chi connectivity index (χ2n) is 5.85. The Kier molecular flexibility index (Phi) is 5.61. The summed E-state index contributed by atoms with van der Waals surface area (Å²) in [5.74, 6) is -0.254. The number of rotatable bonds is 5. The zero-order chi connectivity index (χ0) is 16.9. The Morgan fingerprint density at radius 3 is 2.43 bits per heavy atom. The molecule has 2 aromatic rings. The molecule has 2 aromatic carbocycles. The van der Waals surface area contributed by atoms with Crippen LogP contribution >= 0.6 is 11.6 Å². The fourth-order valence-corrected chi connectivity index (χ4v) is 2.40. The lowest BCUT2D eigenvalue weighted by molar-refractivity contribution is 0.230. The van der Waals surface area contributed by atoms with Gasteiger partial charge in [-0.15, -0.1) is 0 Å². The van der Waals surface area contributed by atoms with E-state index in [1.165, 1.54) is 6.07 Å². The number of hydrogen-bond acceptors (Lipinski definition) is 1. The maximum atomic E-state index is 13.5. The van der Waals surface area contributed by atoms with Gasteiger partial charge in [0.2, 0.25) is 0 Å². The topological polar surface area (TPSA) is 41.1 Å². The second-order valence-corrected chi connectivity index (χ2v) is 6.29. The summed E-state index contributed by atoms with van der Waals surface area (Å²) < 4.78 is 13.5. The van der Waals surface area contributed by atoms with Crippen molar-refractivity contribution in [1.29, 1.82) is 0 Å². The Morgan fingerprint density at radius 2 is 1.78 bits per heavy atom. The standard InChI is InChI=1S/C18H20ClFN2O/c1-18(2,14-7-9-15(19)10-8-14)22-17(23)21-12-11-13-5-3-4-6-16(13)20/h3-10H,11-12H2,1-2H3,(H2,21,22,23). The van der Waals surface area contributed by atoms with Gasteiger partial charge in [0.05, 0.1) is 5.54 Å². The highest BCUT2D eigenvalue weighted by molar-refractivity contribution is 6.30. The first-order chi connectivity index (χ1) is 10.9. The molecule has 0 heterocycles.